The fourth-order valence-corrected chi connectivity index (χ4v) is 8.32. The molecule has 11 aromatic rings. The van der Waals surface area contributed by atoms with Gasteiger partial charge in [0.1, 0.15) is 0 Å². The van der Waals surface area contributed by atoms with E-state index in [1.54, 1.807) is 0 Å². The number of para-hydroxylation sites is 2. The molecule has 8 aromatic carbocycles. The Kier molecular flexibility index (Phi) is 7.78. The largest absolute Gasteiger partial charge is 0.309 e. The van der Waals surface area contributed by atoms with E-state index in [1.807, 2.05) is 24.3 Å². The first-order valence-corrected chi connectivity index (χ1v) is 19.3. The number of nitrogens with zero attached hydrogens (tertiary/aromatic N) is 4. The van der Waals surface area contributed by atoms with Crippen LogP contribution in [0, 0.1) is 0 Å². The van der Waals surface area contributed by atoms with Crippen LogP contribution < -0.4 is 0 Å². The maximum absolute atomic E-state index is 5.35. The first-order valence-electron chi connectivity index (χ1n) is 19.3. The van der Waals surface area contributed by atoms with Crippen LogP contribution in [0.1, 0.15) is 0 Å². The summed E-state index contributed by atoms with van der Waals surface area (Å²) in [4.78, 5) is 15.5. The summed E-state index contributed by atoms with van der Waals surface area (Å²) in [6.07, 6.45) is 0. The van der Waals surface area contributed by atoms with Gasteiger partial charge < -0.3 is 4.57 Å². The highest BCUT2D eigenvalue weighted by atomic mass is 15.0. The standard InChI is InChI=1S/C53H34N4/c1-5-16-35(17-6-1)46-34-47(56-53(55-46)37-20-9-3-10-21-37)40-23-15-22-38(32-40)39-28-29-44-49(33-39)57(41-24-11-4-12-25-41)48-31-30-43-42-26-13-14-27-45(42)54-52(51(43)50(44)48)36-18-7-2-8-19-36/h1-34H. The summed E-state index contributed by atoms with van der Waals surface area (Å²) in [7, 11) is 0. The molecule has 57 heavy (non-hydrogen) atoms. The zero-order chi connectivity index (χ0) is 37.7. The summed E-state index contributed by atoms with van der Waals surface area (Å²) in [6.45, 7) is 0. The maximum Gasteiger partial charge on any atom is 0.160 e. The van der Waals surface area contributed by atoms with Crippen LogP contribution in [0.3, 0.4) is 0 Å². The summed E-state index contributed by atoms with van der Waals surface area (Å²) in [5.74, 6) is 0.704. The van der Waals surface area contributed by atoms with Gasteiger partial charge in [-0.1, -0.05) is 164 Å². The first kappa shape index (κ1) is 32.7. The number of rotatable bonds is 6. The summed E-state index contributed by atoms with van der Waals surface area (Å²) in [6, 6.07) is 72.6. The molecule has 3 aromatic heterocycles. The fraction of sp³-hybridized carbons (Fsp3) is 0. The van der Waals surface area contributed by atoms with Crippen molar-refractivity contribution in [3.8, 4) is 62.0 Å². The second-order valence-electron chi connectivity index (χ2n) is 14.4. The van der Waals surface area contributed by atoms with Crippen LogP contribution in [0.5, 0.6) is 0 Å². The van der Waals surface area contributed by atoms with Gasteiger partial charge in [0.15, 0.2) is 5.82 Å². The van der Waals surface area contributed by atoms with E-state index in [1.165, 1.54) is 21.5 Å². The minimum Gasteiger partial charge on any atom is -0.309 e. The second-order valence-corrected chi connectivity index (χ2v) is 14.4. The lowest BCUT2D eigenvalue weighted by Gasteiger charge is -2.12. The Morgan fingerprint density at radius 2 is 0.895 bits per heavy atom. The summed E-state index contributed by atoms with van der Waals surface area (Å²) < 4.78 is 2.41. The van der Waals surface area contributed by atoms with Gasteiger partial charge >= 0.3 is 0 Å². The fourth-order valence-electron chi connectivity index (χ4n) is 8.32. The lowest BCUT2D eigenvalue weighted by molar-refractivity contribution is 1.18. The third-order valence-corrected chi connectivity index (χ3v) is 11.0. The van der Waals surface area contributed by atoms with Crippen LogP contribution in [0.25, 0.3) is 105 Å². The Morgan fingerprint density at radius 3 is 1.65 bits per heavy atom. The van der Waals surface area contributed by atoms with Crippen LogP contribution in [-0.4, -0.2) is 19.5 Å². The third-order valence-electron chi connectivity index (χ3n) is 11.0. The minimum atomic E-state index is 0.704. The first-order chi connectivity index (χ1) is 28.3. The number of aromatic nitrogens is 4. The molecule has 266 valence electrons. The molecule has 3 heterocycles. The van der Waals surface area contributed by atoms with Gasteiger partial charge in [-0.15, -0.1) is 0 Å². The molecule has 0 saturated heterocycles. The average molecular weight is 727 g/mol. The summed E-state index contributed by atoms with van der Waals surface area (Å²) >= 11 is 0. The van der Waals surface area contributed by atoms with Crippen molar-refractivity contribution >= 4 is 43.5 Å². The van der Waals surface area contributed by atoms with E-state index in [9.17, 15) is 0 Å². The molecule has 0 aliphatic carbocycles. The molecule has 4 heteroatoms. The van der Waals surface area contributed by atoms with Crippen molar-refractivity contribution in [3.63, 3.8) is 0 Å². The molecule has 0 fully saturated rings. The molecule has 0 atom stereocenters. The van der Waals surface area contributed by atoms with Crippen LogP contribution in [-0.2, 0) is 0 Å². The van der Waals surface area contributed by atoms with Crippen molar-refractivity contribution in [2.45, 2.75) is 0 Å². The Hall–Kier alpha value is -7.69. The highest BCUT2D eigenvalue weighted by Crippen LogP contribution is 2.43. The van der Waals surface area contributed by atoms with E-state index in [0.717, 1.165) is 78.1 Å². The molecule has 0 amide bonds. The Bertz CT molecular complexity index is 3210. The van der Waals surface area contributed by atoms with Crippen molar-refractivity contribution in [1.29, 1.82) is 0 Å². The van der Waals surface area contributed by atoms with Gasteiger partial charge in [-0.25, -0.2) is 15.0 Å². The molecule has 0 aliphatic heterocycles. The van der Waals surface area contributed by atoms with E-state index in [0.29, 0.717) is 5.82 Å². The third kappa shape index (κ3) is 5.66. The van der Waals surface area contributed by atoms with Gasteiger partial charge in [0.25, 0.3) is 0 Å². The van der Waals surface area contributed by atoms with E-state index >= 15 is 0 Å². The predicted molar refractivity (Wildman–Crippen MR) is 236 cm³/mol. The molecule has 0 N–H and O–H groups in total. The van der Waals surface area contributed by atoms with Crippen molar-refractivity contribution < 1.29 is 0 Å². The van der Waals surface area contributed by atoms with E-state index in [4.69, 9.17) is 15.0 Å². The monoisotopic (exact) mass is 726 g/mol. The van der Waals surface area contributed by atoms with Gasteiger partial charge in [-0.3, -0.25) is 0 Å². The summed E-state index contributed by atoms with van der Waals surface area (Å²) in [5.41, 5.74) is 13.6. The number of pyridine rings is 1. The molecule has 0 saturated carbocycles. The molecule has 0 bridgehead atoms. The second kappa shape index (κ2) is 13.6. The maximum atomic E-state index is 5.35. The number of fused-ring (bicyclic) bond motifs is 7. The average Bonchev–Trinajstić information content (AvgIpc) is 3.63. The Labute approximate surface area is 330 Å². The molecule has 11 rings (SSSR count). The van der Waals surface area contributed by atoms with Gasteiger partial charge in [-0.2, -0.15) is 0 Å². The smallest absolute Gasteiger partial charge is 0.160 e. The van der Waals surface area contributed by atoms with Crippen LogP contribution in [0.4, 0.5) is 0 Å². The minimum absolute atomic E-state index is 0.704. The molecule has 0 unspecified atom stereocenters. The number of benzene rings is 8. The Balaban J connectivity index is 1.14. The summed E-state index contributed by atoms with van der Waals surface area (Å²) in [5, 5.41) is 5.90. The van der Waals surface area contributed by atoms with E-state index in [2.05, 4.69) is 187 Å². The highest BCUT2D eigenvalue weighted by molar-refractivity contribution is 6.28. The lowest BCUT2D eigenvalue weighted by atomic mass is 9.95. The lowest BCUT2D eigenvalue weighted by Crippen LogP contribution is -1.96. The molecule has 0 radical (unpaired) electrons. The zero-order valence-corrected chi connectivity index (χ0v) is 30.9. The SMILES string of the molecule is c1ccc(-c2cc(-c3cccc(-c4ccc5c6c7c(-c8ccccc8)nc8ccccc8c7ccc6n(-c6ccccc6)c5c4)c3)nc(-c3ccccc3)n2)cc1. The van der Waals surface area contributed by atoms with Crippen LogP contribution >= 0.6 is 0 Å². The Morgan fingerprint density at radius 1 is 0.316 bits per heavy atom. The van der Waals surface area contributed by atoms with Crippen molar-refractivity contribution in [3.05, 3.63) is 206 Å². The molecule has 4 nitrogen and oxygen atoms in total. The molecule has 0 spiro atoms. The zero-order valence-electron chi connectivity index (χ0n) is 30.9. The molecular formula is C53H34N4. The van der Waals surface area contributed by atoms with Gasteiger partial charge in [-0.05, 0) is 59.0 Å². The van der Waals surface area contributed by atoms with Crippen LogP contribution in [0.2, 0.25) is 0 Å². The normalized spacial score (nSPS) is 11.5. The van der Waals surface area contributed by atoms with Gasteiger partial charge in [0.2, 0.25) is 0 Å². The van der Waals surface area contributed by atoms with Crippen molar-refractivity contribution in [1.82, 2.24) is 19.5 Å². The highest BCUT2D eigenvalue weighted by Gasteiger charge is 2.21. The van der Waals surface area contributed by atoms with Crippen molar-refractivity contribution in [2.24, 2.45) is 0 Å². The van der Waals surface area contributed by atoms with Crippen molar-refractivity contribution in [2.75, 3.05) is 0 Å². The number of hydrogen-bond acceptors (Lipinski definition) is 3. The van der Waals surface area contributed by atoms with E-state index in [-0.39, 0.29) is 0 Å². The molecule has 0 aliphatic rings. The van der Waals surface area contributed by atoms with Gasteiger partial charge in [0.05, 0.1) is 33.6 Å². The predicted octanol–water partition coefficient (Wildman–Crippen LogP) is 13.6. The molecular weight excluding hydrogens is 693 g/mol. The topological polar surface area (TPSA) is 43.6 Å². The quantitative estimate of drug-likeness (QED) is 0.160. The van der Waals surface area contributed by atoms with E-state index < -0.39 is 0 Å². The van der Waals surface area contributed by atoms with Crippen LogP contribution in [0.15, 0.2) is 206 Å². The van der Waals surface area contributed by atoms with Gasteiger partial charge in [0, 0.05) is 49.5 Å². The number of hydrogen-bond donors (Lipinski definition) is 0.